The highest BCUT2D eigenvalue weighted by Gasteiger charge is 2.26. The van der Waals surface area contributed by atoms with Crippen LogP contribution in [0.15, 0.2) is 45.7 Å². The smallest absolute Gasteiger partial charge is 0.251 e. The van der Waals surface area contributed by atoms with Gasteiger partial charge in [-0.3, -0.25) is 4.79 Å². The van der Waals surface area contributed by atoms with Crippen LogP contribution in [-0.4, -0.2) is 44.9 Å². The maximum absolute atomic E-state index is 12.8. The molecule has 140 valence electrons. The minimum atomic E-state index is -3.65. The maximum Gasteiger partial charge on any atom is 0.251 e. The van der Waals surface area contributed by atoms with Crippen molar-refractivity contribution in [1.82, 2.24) is 9.62 Å². The van der Waals surface area contributed by atoms with Crippen molar-refractivity contribution in [2.45, 2.75) is 24.8 Å². The van der Waals surface area contributed by atoms with Crippen LogP contribution in [0.5, 0.6) is 0 Å². The molecule has 0 aliphatic carbocycles. The molecule has 1 aliphatic heterocycles. The molecular formula is C18H22N2O5S. The summed E-state index contributed by atoms with van der Waals surface area (Å²) in [6, 6.07) is 9.69. The van der Waals surface area contributed by atoms with Gasteiger partial charge in [0, 0.05) is 25.3 Å². The number of carbonyl (C=O) groups excluding carboxylic acids is 1. The van der Waals surface area contributed by atoms with Crippen molar-refractivity contribution >= 4 is 15.9 Å². The van der Waals surface area contributed by atoms with Crippen molar-refractivity contribution < 1.29 is 22.4 Å². The fourth-order valence-electron chi connectivity index (χ4n) is 2.76. The summed E-state index contributed by atoms with van der Waals surface area (Å²) in [5, 5.41) is 2.74. The van der Waals surface area contributed by atoms with Crippen molar-refractivity contribution in [2.75, 3.05) is 26.3 Å². The third kappa shape index (κ3) is 4.32. The lowest BCUT2D eigenvalue weighted by Crippen LogP contribution is -2.33. The first-order valence-corrected chi connectivity index (χ1v) is 9.92. The lowest BCUT2D eigenvalue weighted by atomic mass is 10.2. The number of nitrogens with one attached hydrogen (secondary N) is 1. The summed E-state index contributed by atoms with van der Waals surface area (Å²) in [5.74, 6) is 1.06. The Bertz CT molecular complexity index is 867. The number of carbonyl (C=O) groups is 1. The van der Waals surface area contributed by atoms with E-state index in [-0.39, 0.29) is 17.3 Å². The van der Waals surface area contributed by atoms with Crippen LogP contribution in [0.25, 0.3) is 0 Å². The lowest BCUT2D eigenvalue weighted by molar-refractivity contribution is 0.0947. The van der Waals surface area contributed by atoms with Gasteiger partial charge in [-0.15, -0.1) is 0 Å². The molecule has 1 amide bonds. The average Bonchev–Trinajstić information content (AvgIpc) is 2.87. The molecule has 7 nitrogen and oxygen atoms in total. The van der Waals surface area contributed by atoms with Gasteiger partial charge in [0.2, 0.25) is 10.0 Å². The minimum Gasteiger partial charge on any atom is -0.465 e. The minimum absolute atomic E-state index is 0.112. The third-order valence-corrected chi connectivity index (χ3v) is 6.03. The van der Waals surface area contributed by atoms with E-state index in [1.807, 2.05) is 13.0 Å². The Morgan fingerprint density at radius 3 is 2.81 bits per heavy atom. The summed E-state index contributed by atoms with van der Waals surface area (Å²) in [5.41, 5.74) is 0.292. The van der Waals surface area contributed by atoms with Crippen LogP contribution < -0.4 is 5.32 Å². The molecule has 26 heavy (non-hydrogen) atoms. The zero-order chi connectivity index (χ0) is 18.6. The fraction of sp³-hybridized carbons (Fsp3) is 0.389. The summed E-state index contributed by atoms with van der Waals surface area (Å²) in [6.07, 6.45) is 0.655. The van der Waals surface area contributed by atoms with Gasteiger partial charge in [0.15, 0.2) is 0 Å². The van der Waals surface area contributed by atoms with E-state index in [1.165, 1.54) is 16.4 Å². The molecule has 0 atom stereocenters. The summed E-state index contributed by atoms with van der Waals surface area (Å²) in [4.78, 5) is 12.5. The number of furan rings is 1. The number of benzene rings is 1. The van der Waals surface area contributed by atoms with Gasteiger partial charge in [0.05, 0.1) is 18.0 Å². The largest absolute Gasteiger partial charge is 0.465 e. The Morgan fingerprint density at radius 1 is 1.19 bits per heavy atom. The summed E-state index contributed by atoms with van der Waals surface area (Å²) in [7, 11) is -3.65. The van der Waals surface area contributed by atoms with Gasteiger partial charge >= 0.3 is 0 Å². The highest BCUT2D eigenvalue weighted by Crippen LogP contribution is 2.19. The molecule has 1 aromatic carbocycles. The molecule has 0 saturated carbocycles. The van der Waals surface area contributed by atoms with Crippen molar-refractivity contribution in [3.8, 4) is 0 Å². The van der Waals surface area contributed by atoms with Gasteiger partial charge in [-0.2, -0.15) is 4.31 Å². The van der Waals surface area contributed by atoms with E-state index in [4.69, 9.17) is 9.15 Å². The molecule has 1 N–H and O–H groups in total. The first-order valence-electron chi connectivity index (χ1n) is 8.48. The van der Waals surface area contributed by atoms with Gasteiger partial charge in [0.1, 0.15) is 11.5 Å². The number of sulfonamides is 1. The molecule has 3 rings (SSSR count). The molecule has 1 aromatic heterocycles. The second-order valence-corrected chi connectivity index (χ2v) is 8.03. The van der Waals surface area contributed by atoms with Crippen LogP contribution in [0, 0.1) is 6.92 Å². The van der Waals surface area contributed by atoms with Crippen LogP contribution in [0.1, 0.15) is 28.3 Å². The van der Waals surface area contributed by atoms with Crippen LogP contribution in [0.4, 0.5) is 0 Å². The Hall–Kier alpha value is -2.16. The lowest BCUT2D eigenvalue weighted by Gasteiger charge is -2.19. The summed E-state index contributed by atoms with van der Waals surface area (Å²) < 4.78 is 37.8. The summed E-state index contributed by atoms with van der Waals surface area (Å²) >= 11 is 0. The van der Waals surface area contributed by atoms with Crippen molar-refractivity contribution in [1.29, 1.82) is 0 Å². The van der Waals surface area contributed by atoms with Gasteiger partial charge in [-0.1, -0.05) is 6.07 Å². The van der Waals surface area contributed by atoms with Crippen molar-refractivity contribution in [2.24, 2.45) is 0 Å². The highest BCUT2D eigenvalue weighted by atomic mass is 32.2. The van der Waals surface area contributed by atoms with Crippen LogP contribution >= 0.6 is 0 Å². The van der Waals surface area contributed by atoms with Gasteiger partial charge < -0.3 is 14.5 Å². The molecule has 0 spiro atoms. The Balaban J connectivity index is 1.73. The zero-order valence-corrected chi connectivity index (χ0v) is 15.4. The van der Waals surface area contributed by atoms with Crippen LogP contribution in [-0.2, 0) is 21.3 Å². The molecule has 1 aliphatic rings. The number of hydrogen-bond donors (Lipinski definition) is 1. The normalized spacial score (nSPS) is 16.2. The standard InChI is InChI=1S/C18H22N2O5S/c1-14-6-7-16(25-14)13-19-18(21)15-4-2-5-17(12-15)26(22,23)20-8-3-10-24-11-9-20/h2,4-7,12H,3,8-11,13H2,1H3,(H,19,21). The number of nitrogens with zero attached hydrogens (tertiary/aromatic N) is 1. The molecule has 0 bridgehead atoms. The molecule has 1 saturated heterocycles. The molecule has 0 unspecified atom stereocenters. The number of aryl methyl sites for hydroxylation is 1. The number of hydrogen-bond acceptors (Lipinski definition) is 5. The first-order chi connectivity index (χ1) is 12.5. The van der Waals surface area contributed by atoms with Crippen LogP contribution in [0.2, 0.25) is 0 Å². The van der Waals surface area contributed by atoms with Crippen LogP contribution in [0.3, 0.4) is 0 Å². The second-order valence-electron chi connectivity index (χ2n) is 6.09. The molecule has 8 heteroatoms. The topological polar surface area (TPSA) is 88.9 Å². The monoisotopic (exact) mass is 378 g/mol. The Morgan fingerprint density at radius 2 is 2.04 bits per heavy atom. The van der Waals surface area contributed by atoms with E-state index in [0.717, 1.165) is 5.76 Å². The second kappa shape index (κ2) is 8.03. The Labute approximate surface area is 153 Å². The van der Waals surface area contributed by atoms with Gasteiger partial charge in [0.25, 0.3) is 5.91 Å². The molecule has 0 radical (unpaired) electrons. The predicted octanol–water partition coefficient (Wildman–Crippen LogP) is 1.93. The first kappa shape index (κ1) is 18.6. The Kier molecular flexibility index (Phi) is 5.75. The van der Waals surface area contributed by atoms with E-state index in [9.17, 15) is 13.2 Å². The third-order valence-electron chi connectivity index (χ3n) is 4.13. The summed E-state index contributed by atoms with van der Waals surface area (Å²) in [6.45, 7) is 3.73. The average molecular weight is 378 g/mol. The number of rotatable bonds is 5. The number of amides is 1. The molecule has 2 aromatic rings. The maximum atomic E-state index is 12.8. The molecule has 1 fully saturated rings. The quantitative estimate of drug-likeness (QED) is 0.859. The fourth-order valence-corrected chi connectivity index (χ4v) is 4.27. The van der Waals surface area contributed by atoms with E-state index < -0.39 is 10.0 Å². The van der Waals surface area contributed by atoms with Crippen molar-refractivity contribution in [3.63, 3.8) is 0 Å². The highest BCUT2D eigenvalue weighted by molar-refractivity contribution is 7.89. The number of ether oxygens (including phenoxy) is 1. The van der Waals surface area contributed by atoms with E-state index >= 15 is 0 Å². The van der Waals surface area contributed by atoms with Crippen molar-refractivity contribution in [3.05, 3.63) is 53.5 Å². The van der Waals surface area contributed by atoms with E-state index in [1.54, 1.807) is 18.2 Å². The van der Waals surface area contributed by atoms with E-state index in [0.29, 0.717) is 44.0 Å². The molecule has 2 heterocycles. The van der Waals surface area contributed by atoms with E-state index in [2.05, 4.69) is 5.32 Å². The van der Waals surface area contributed by atoms with Gasteiger partial charge in [-0.25, -0.2) is 8.42 Å². The predicted molar refractivity (Wildman–Crippen MR) is 95.3 cm³/mol. The SMILES string of the molecule is Cc1ccc(CNC(=O)c2cccc(S(=O)(=O)N3CCCOCC3)c2)o1. The van der Waals surface area contributed by atoms with Gasteiger partial charge in [-0.05, 0) is 43.7 Å². The zero-order valence-electron chi connectivity index (χ0n) is 14.6. The molecular weight excluding hydrogens is 356 g/mol.